The van der Waals surface area contributed by atoms with Crippen molar-refractivity contribution in [2.24, 2.45) is 11.8 Å². The number of hydrogen-bond donors (Lipinski definition) is 1. The molecule has 0 bridgehead atoms. The van der Waals surface area contributed by atoms with E-state index in [0.29, 0.717) is 0 Å². The summed E-state index contributed by atoms with van der Waals surface area (Å²) in [5.41, 5.74) is 8.03. The van der Waals surface area contributed by atoms with Crippen LogP contribution < -0.4 is 5.73 Å². The fraction of sp³-hybridized carbons (Fsp3) is 0.625. The summed E-state index contributed by atoms with van der Waals surface area (Å²) in [6, 6.07) is 8.98. The van der Waals surface area contributed by atoms with Crippen LogP contribution in [0.2, 0.25) is 0 Å². The van der Waals surface area contributed by atoms with Gasteiger partial charge in [0.05, 0.1) is 0 Å². The van der Waals surface area contributed by atoms with Crippen LogP contribution in [0.1, 0.15) is 38.7 Å². The molecule has 2 N–H and O–H groups in total. The zero-order chi connectivity index (χ0) is 13.1. The maximum atomic E-state index is 5.84. The summed E-state index contributed by atoms with van der Waals surface area (Å²) in [5, 5.41) is 0. The third-order valence-electron chi connectivity index (χ3n) is 4.16. The fourth-order valence-corrected chi connectivity index (χ4v) is 3.37. The van der Waals surface area contributed by atoms with Gasteiger partial charge in [-0.25, -0.2) is 0 Å². The maximum absolute atomic E-state index is 5.84. The second kappa shape index (κ2) is 5.75. The first kappa shape index (κ1) is 13.4. The molecule has 1 aliphatic rings. The second-order valence-corrected chi connectivity index (χ2v) is 6.23. The van der Waals surface area contributed by atoms with Crippen molar-refractivity contribution in [2.45, 2.75) is 45.7 Å². The second-order valence-electron chi connectivity index (χ2n) is 6.23. The summed E-state index contributed by atoms with van der Waals surface area (Å²) in [7, 11) is 2.25. The summed E-state index contributed by atoms with van der Waals surface area (Å²) in [6.45, 7) is 5.78. The van der Waals surface area contributed by atoms with E-state index in [-0.39, 0.29) is 0 Å². The third-order valence-corrected chi connectivity index (χ3v) is 4.16. The van der Waals surface area contributed by atoms with Gasteiger partial charge in [0.1, 0.15) is 0 Å². The van der Waals surface area contributed by atoms with E-state index < -0.39 is 0 Å². The van der Waals surface area contributed by atoms with E-state index in [1.807, 2.05) is 12.1 Å². The SMILES string of the molecule is CC1CC(C)CC(N(C)Cc2cccc(N)c2)C1. The molecule has 1 saturated carbocycles. The molecule has 0 amide bonds. The molecular weight excluding hydrogens is 220 g/mol. The summed E-state index contributed by atoms with van der Waals surface area (Å²) < 4.78 is 0. The monoisotopic (exact) mass is 246 g/mol. The first-order valence-electron chi connectivity index (χ1n) is 7.09. The van der Waals surface area contributed by atoms with E-state index in [2.05, 4.69) is 37.9 Å². The minimum Gasteiger partial charge on any atom is -0.399 e. The lowest BCUT2D eigenvalue weighted by Gasteiger charge is -2.37. The average molecular weight is 246 g/mol. The van der Waals surface area contributed by atoms with Gasteiger partial charge in [0.25, 0.3) is 0 Å². The summed E-state index contributed by atoms with van der Waals surface area (Å²) >= 11 is 0. The minimum atomic E-state index is 0.727. The van der Waals surface area contributed by atoms with Crippen molar-refractivity contribution in [1.29, 1.82) is 0 Å². The molecule has 0 heterocycles. The van der Waals surface area contributed by atoms with Crippen LogP contribution >= 0.6 is 0 Å². The van der Waals surface area contributed by atoms with Crippen LogP contribution in [-0.2, 0) is 6.54 Å². The molecule has 2 atom stereocenters. The van der Waals surface area contributed by atoms with Crippen LogP contribution in [0.3, 0.4) is 0 Å². The Morgan fingerprint density at radius 2 is 1.83 bits per heavy atom. The predicted octanol–water partition coefficient (Wildman–Crippen LogP) is 3.53. The summed E-state index contributed by atoms with van der Waals surface area (Å²) in [6.07, 6.45) is 4.06. The summed E-state index contributed by atoms with van der Waals surface area (Å²) in [5.74, 6) is 1.73. The quantitative estimate of drug-likeness (QED) is 0.827. The molecule has 0 spiro atoms. The van der Waals surface area contributed by atoms with Gasteiger partial charge in [0.15, 0.2) is 0 Å². The van der Waals surface area contributed by atoms with Crippen LogP contribution in [0.15, 0.2) is 24.3 Å². The number of nitrogens with zero attached hydrogens (tertiary/aromatic N) is 1. The van der Waals surface area contributed by atoms with Crippen LogP contribution in [0, 0.1) is 11.8 Å². The third kappa shape index (κ3) is 3.49. The highest BCUT2D eigenvalue weighted by atomic mass is 15.1. The molecule has 0 aromatic heterocycles. The Kier molecular flexibility index (Phi) is 4.28. The molecule has 1 aromatic carbocycles. The maximum Gasteiger partial charge on any atom is 0.0317 e. The molecule has 1 fully saturated rings. The van der Waals surface area contributed by atoms with E-state index in [1.165, 1.54) is 24.8 Å². The molecule has 100 valence electrons. The lowest BCUT2D eigenvalue weighted by molar-refractivity contribution is 0.128. The highest BCUT2D eigenvalue weighted by Gasteiger charge is 2.26. The highest BCUT2D eigenvalue weighted by Crippen LogP contribution is 2.31. The van der Waals surface area contributed by atoms with E-state index in [4.69, 9.17) is 5.73 Å². The normalized spacial score (nSPS) is 28.6. The van der Waals surface area contributed by atoms with Crippen molar-refractivity contribution >= 4 is 5.69 Å². The minimum absolute atomic E-state index is 0.727. The molecule has 2 unspecified atom stereocenters. The van der Waals surface area contributed by atoms with E-state index in [1.54, 1.807) is 0 Å². The first-order valence-corrected chi connectivity index (χ1v) is 7.09. The largest absolute Gasteiger partial charge is 0.399 e. The Balaban J connectivity index is 1.97. The first-order chi connectivity index (χ1) is 8.54. The van der Waals surface area contributed by atoms with Crippen molar-refractivity contribution in [2.75, 3.05) is 12.8 Å². The number of nitrogens with two attached hydrogens (primary N) is 1. The average Bonchev–Trinajstić information content (AvgIpc) is 2.27. The van der Waals surface area contributed by atoms with Crippen molar-refractivity contribution in [3.8, 4) is 0 Å². The Hall–Kier alpha value is -1.02. The van der Waals surface area contributed by atoms with Gasteiger partial charge in [0, 0.05) is 18.3 Å². The number of benzene rings is 1. The van der Waals surface area contributed by atoms with Crippen molar-refractivity contribution in [1.82, 2.24) is 4.90 Å². The molecule has 0 aliphatic heterocycles. The van der Waals surface area contributed by atoms with Crippen LogP contribution in [0.25, 0.3) is 0 Å². The lowest BCUT2D eigenvalue weighted by Crippen LogP contribution is -2.37. The van der Waals surface area contributed by atoms with Gasteiger partial charge in [0.2, 0.25) is 0 Å². The number of anilines is 1. The molecule has 18 heavy (non-hydrogen) atoms. The van der Waals surface area contributed by atoms with Gasteiger partial charge in [-0.3, -0.25) is 4.90 Å². The molecule has 0 saturated heterocycles. The Morgan fingerprint density at radius 1 is 1.17 bits per heavy atom. The molecule has 2 nitrogen and oxygen atoms in total. The topological polar surface area (TPSA) is 29.3 Å². The lowest BCUT2D eigenvalue weighted by atomic mass is 9.80. The fourth-order valence-electron chi connectivity index (χ4n) is 3.37. The van der Waals surface area contributed by atoms with E-state index >= 15 is 0 Å². The molecule has 1 aromatic rings. The number of nitrogen functional groups attached to an aromatic ring is 1. The molecule has 2 rings (SSSR count). The van der Waals surface area contributed by atoms with Gasteiger partial charge in [-0.15, -0.1) is 0 Å². The van der Waals surface area contributed by atoms with E-state index in [9.17, 15) is 0 Å². The molecule has 0 radical (unpaired) electrons. The number of rotatable bonds is 3. The highest BCUT2D eigenvalue weighted by molar-refractivity contribution is 5.40. The zero-order valence-electron chi connectivity index (χ0n) is 11.9. The van der Waals surface area contributed by atoms with Gasteiger partial charge in [-0.2, -0.15) is 0 Å². The van der Waals surface area contributed by atoms with Crippen LogP contribution in [0.4, 0.5) is 5.69 Å². The van der Waals surface area contributed by atoms with E-state index in [0.717, 1.165) is 30.1 Å². The Labute approximate surface area is 111 Å². The van der Waals surface area contributed by atoms with Crippen molar-refractivity contribution in [3.05, 3.63) is 29.8 Å². The van der Waals surface area contributed by atoms with Gasteiger partial charge in [-0.05, 0) is 55.8 Å². The van der Waals surface area contributed by atoms with Gasteiger partial charge in [-0.1, -0.05) is 26.0 Å². The van der Waals surface area contributed by atoms with Gasteiger partial charge >= 0.3 is 0 Å². The standard InChI is InChI=1S/C16H26N2/c1-12-7-13(2)9-16(8-12)18(3)11-14-5-4-6-15(17)10-14/h4-6,10,12-13,16H,7-9,11,17H2,1-3H3. The molecular formula is C16H26N2. The van der Waals surface area contributed by atoms with Crippen molar-refractivity contribution < 1.29 is 0 Å². The zero-order valence-corrected chi connectivity index (χ0v) is 11.9. The molecule has 2 heteroatoms. The Morgan fingerprint density at radius 3 is 2.44 bits per heavy atom. The molecule has 1 aliphatic carbocycles. The number of hydrogen-bond acceptors (Lipinski definition) is 2. The van der Waals surface area contributed by atoms with Crippen LogP contribution in [0.5, 0.6) is 0 Å². The smallest absolute Gasteiger partial charge is 0.0317 e. The van der Waals surface area contributed by atoms with Crippen molar-refractivity contribution in [3.63, 3.8) is 0 Å². The summed E-state index contributed by atoms with van der Waals surface area (Å²) in [4.78, 5) is 2.50. The predicted molar refractivity (Wildman–Crippen MR) is 78.3 cm³/mol. The van der Waals surface area contributed by atoms with Gasteiger partial charge < -0.3 is 5.73 Å². The van der Waals surface area contributed by atoms with Crippen LogP contribution in [-0.4, -0.2) is 18.0 Å². The Bertz CT molecular complexity index is 378.